The van der Waals surface area contributed by atoms with Gasteiger partial charge >= 0.3 is 12.1 Å². The second kappa shape index (κ2) is 8.15. The second-order valence-electron chi connectivity index (χ2n) is 7.90. The summed E-state index contributed by atoms with van der Waals surface area (Å²) in [5, 5.41) is 10.6. The molecule has 1 fully saturated rings. The molecule has 3 N–H and O–H groups in total. The standard InChI is InChI=1S/C20H19N5.C2HF3O2/c1-21-15-11-17-18(23-12-15)25-19(24-17)20(7-3-8-20)14-5-6-16-13(10-14)4-2-9-22-16;3-2(4,5)1(6)7/h5-6,10-12,22H,2-4,7-9H2,(H,23,24,25);(H,6,7). The smallest absolute Gasteiger partial charge is 0.475 e. The number of carboxylic acid groups (broad SMARTS) is 1. The molecule has 0 saturated heterocycles. The Morgan fingerprint density at radius 1 is 1.22 bits per heavy atom. The fourth-order valence-corrected chi connectivity index (χ4v) is 4.14. The predicted molar refractivity (Wildman–Crippen MR) is 112 cm³/mol. The molecule has 0 unspecified atom stereocenters. The Morgan fingerprint density at radius 2 is 1.97 bits per heavy atom. The highest BCUT2D eigenvalue weighted by Gasteiger charge is 2.43. The zero-order valence-corrected chi connectivity index (χ0v) is 17.0. The van der Waals surface area contributed by atoms with Gasteiger partial charge in [0.25, 0.3) is 0 Å². The molecule has 0 spiro atoms. The number of hydrogen-bond donors (Lipinski definition) is 3. The maximum absolute atomic E-state index is 10.6. The molecule has 1 saturated carbocycles. The van der Waals surface area contributed by atoms with Gasteiger partial charge in [0.1, 0.15) is 5.82 Å². The molecule has 0 radical (unpaired) electrons. The van der Waals surface area contributed by atoms with Crippen molar-refractivity contribution in [3.05, 3.63) is 58.8 Å². The van der Waals surface area contributed by atoms with E-state index in [0.29, 0.717) is 11.3 Å². The zero-order valence-electron chi connectivity index (χ0n) is 17.0. The van der Waals surface area contributed by atoms with Gasteiger partial charge in [0.15, 0.2) is 5.65 Å². The lowest BCUT2D eigenvalue weighted by Crippen LogP contribution is -2.36. The molecular formula is C22H20F3N5O2. The molecule has 5 rings (SSSR count). The molecule has 1 aromatic carbocycles. The Balaban J connectivity index is 0.000000307. The fourth-order valence-electron chi connectivity index (χ4n) is 4.14. The number of imidazole rings is 1. The number of alkyl halides is 3. The van der Waals surface area contributed by atoms with Gasteiger partial charge < -0.3 is 15.4 Å². The van der Waals surface area contributed by atoms with Crippen LogP contribution in [0.4, 0.5) is 24.5 Å². The van der Waals surface area contributed by atoms with Crippen molar-refractivity contribution in [1.29, 1.82) is 0 Å². The molecule has 1 aliphatic carbocycles. The molecule has 0 amide bonds. The highest BCUT2D eigenvalue weighted by Crippen LogP contribution is 2.49. The summed E-state index contributed by atoms with van der Waals surface area (Å²) in [5.41, 5.74) is 6.11. The Hall–Kier alpha value is -3.61. The van der Waals surface area contributed by atoms with Crippen LogP contribution < -0.4 is 5.32 Å². The highest BCUT2D eigenvalue weighted by atomic mass is 19.4. The van der Waals surface area contributed by atoms with Crippen molar-refractivity contribution in [2.45, 2.75) is 43.7 Å². The maximum atomic E-state index is 10.6. The zero-order chi connectivity index (χ0) is 22.9. The molecule has 0 atom stereocenters. The number of hydrogen-bond acceptors (Lipinski definition) is 4. The fraction of sp³-hybridized carbons (Fsp3) is 0.364. The van der Waals surface area contributed by atoms with Crippen LogP contribution in [0.1, 0.15) is 42.6 Å². The van der Waals surface area contributed by atoms with E-state index in [4.69, 9.17) is 21.5 Å². The van der Waals surface area contributed by atoms with Crippen LogP contribution in [0.25, 0.3) is 16.0 Å². The quantitative estimate of drug-likeness (QED) is 0.486. The van der Waals surface area contributed by atoms with E-state index in [-0.39, 0.29) is 5.41 Å². The molecule has 0 bridgehead atoms. The van der Waals surface area contributed by atoms with E-state index in [9.17, 15) is 13.2 Å². The minimum atomic E-state index is -5.08. The number of aryl methyl sites for hydroxylation is 1. The van der Waals surface area contributed by atoms with E-state index < -0.39 is 12.1 Å². The van der Waals surface area contributed by atoms with Gasteiger partial charge in [-0.1, -0.05) is 18.6 Å². The third kappa shape index (κ3) is 3.98. The van der Waals surface area contributed by atoms with Gasteiger partial charge in [-0.3, -0.25) is 0 Å². The van der Waals surface area contributed by atoms with Crippen molar-refractivity contribution in [2.75, 3.05) is 11.9 Å². The first kappa shape index (κ1) is 21.6. The summed E-state index contributed by atoms with van der Waals surface area (Å²) in [6, 6.07) is 8.68. The predicted octanol–water partition coefficient (Wildman–Crippen LogP) is 4.97. The summed E-state index contributed by atoms with van der Waals surface area (Å²) in [5.74, 6) is -1.76. The molecule has 2 aliphatic rings. The van der Waals surface area contributed by atoms with E-state index in [1.807, 2.05) is 6.07 Å². The van der Waals surface area contributed by atoms with Crippen molar-refractivity contribution in [3.63, 3.8) is 0 Å². The number of aromatic nitrogens is 3. The van der Waals surface area contributed by atoms with Gasteiger partial charge in [0, 0.05) is 18.4 Å². The topological polar surface area (TPSA) is 95.3 Å². The van der Waals surface area contributed by atoms with Crippen molar-refractivity contribution in [2.24, 2.45) is 0 Å². The van der Waals surface area contributed by atoms with Crippen LogP contribution in [0, 0.1) is 6.57 Å². The van der Waals surface area contributed by atoms with Crippen molar-refractivity contribution < 1.29 is 23.1 Å². The SMILES string of the molecule is O=C(O)C(F)(F)F.[C-]#[N+]c1cnc2nc(C3(c4ccc5c(c4)CCCN5)CCC3)[nH]c2c1. The summed E-state index contributed by atoms with van der Waals surface area (Å²) in [7, 11) is 0. The van der Waals surface area contributed by atoms with Crippen LogP contribution in [0.2, 0.25) is 0 Å². The minimum Gasteiger partial charge on any atom is -0.475 e. The molecule has 166 valence electrons. The van der Waals surface area contributed by atoms with E-state index in [1.54, 1.807) is 6.20 Å². The number of halogens is 3. The molecular weight excluding hydrogens is 423 g/mol. The first-order chi connectivity index (χ1) is 15.2. The van der Waals surface area contributed by atoms with Crippen LogP contribution in [0.15, 0.2) is 30.5 Å². The highest BCUT2D eigenvalue weighted by molar-refractivity contribution is 5.75. The number of aromatic amines is 1. The van der Waals surface area contributed by atoms with Crippen molar-refractivity contribution in [3.8, 4) is 0 Å². The number of anilines is 1. The van der Waals surface area contributed by atoms with E-state index >= 15 is 0 Å². The van der Waals surface area contributed by atoms with Gasteiger partial charge in [0.2, 0.25) is 5.69 Å². The van der Waals surface area contributed by atoms with Gasteiger partial charge in [-0.05, 0) is 48.9 Å². The third-order valence-electron chi connectivity index (χ3n) is 5.95. The van der Waals surface area contributed by atoms with Crippen LogP contribution in [-0.4, -0.2) is 38.7 Å². The van der Waals surface area contributed by atoms with Crippen LogP contribution >= 0.6 is 0 Å². The molecule has 3 heterocycles. The average molecular weight is 443 g/mol. The van der Waals surface area contributed by atoms with Crippen molar-refractivity contribution in [1.82, 2.24) is 15.0 Å². The third-order valence-corrected chi connectivity index (χ3v) is 5.95. The van der Waals surface area contributed by atoms with Gasteiger partial charge in [-0.2, -0.15) is 13.2 Å². The number of carbonyl (C=O) groups is 1. The number of rotatable bonds is 2. The normalized spacial score (nSPS) is 16.6. The van der Waals surface area contributed by atoms with Crippen LogP contribution in [-0.2, 0) is 16.6 Å². The number of H-pyrrole nitrogens is 1. The summed E-state index contributed by atoms with van der Waals surface area (Å²) >= 11 is 0. The Kier molecular flexibility index (Phi) is 5.50. The number of carboxylic acids is 1. The number of aliphatic carboxylic acids is 1. The Morgan fingerprint density at radius 3 is 2.59 bits per heavy atom. The summed E-state index contributed by atoms with van der Waals surface area (Å²) in [4.78, 5) is 24.9. The molecule has 3 aromatic rings. The van der Waals surface area contributed by atoms with Crippen molar-refractivity contribution >= 4 is 28.5 Å². The summed E-state index contributed by atoms with van der Waals surface area (Å²) < 4.78 is 31.7. The summed E-state index contributed by atoms with van der Waals surface area (Å²) in [6.45, 7) is 8.23. The monoisotopic (exact) mass is 443 g/mol. The first-order valence-corrected chi connectivity index (χ1v) is 10.1. The van der Waals surface area contributed by atoms with Gasteiger partial charge in [-0.15, -0.1) is 0 Å². The lowest BCUT2D eigenvalue weighted by molar-refractivity contribution is -0.192. The number of benzene rings is 1. The van der Waals surface area contributed by atoms with E-state index in [0.717, 1.165) is 37.1 Å². The maximum Gasteiger partial charge on any atom is 0.490 e. The summed E-state index contributed by atoms with van der Waals surface area (Å²) in [6.07, 6.45) is 2.27. The number of fused-ring (bicyclic) bond motifs is 2. The lowest BCUT2D eigenvalue weighted by atomic mass is 9.63. The first-order valence-electron chi connectivity index (χ1n) is 10.1. The number of pyridine rings is 1. The molecule has 7 nitrogen and oxygen atoms in total. The Bertz CT molecular complexity index is 1210. The lowest BCUT2D eigenvalue weighted by Gasteiger charge is -2.41. The number of nitrogens with zero attached hydrogens (tertiary/aromatic N) is 3. The minimum absolute atomic E-state index is 0.0363. The van der Waals surface area contributed by atoms with Gasteiger partial charge in [0.05, 0.1) is 17.5 Å². The van der Waals surface area contributed by atoms with Gasteiger partial charge in [-0.25, -0.2) is 19.6 Å². The van der Waals surface area contributed by atoms with Crippen LogP contribution in [0.3, 0.4) is 0 Å². The molecule has 1 aliphatic heterocycles. The molecule has 2 aromatic heterocycles. The average Bonchev–Trinajstić information content (AvgIpc) is 3.15. The Labute approximate surface area is 181 Å². The van der Waals surface area contributed by atoms with E-state index in [1.165, 1.54) is 29.7 Å². The van der Waals surface area contributed by atoms with Crippen LogP contribution in [0.5, 0.6) is 0 Å². The van der Waals surface area contributed by atoms with E-state index in [2.05, 4.69) is 38.3 Å². The molecule has 10 heteroatoms. The largest absolute Gasteiger partial charge is 0.490 e. The number of nitrogens with one attached hydrogen (secondary N) is 2. The second-order valence-corrected chi connectivity index (χ2v) is 7.90. The molecule has 32 heavy (non-hydrogen) atoms.